The Bertz CT molecular complexity index is 1220. The summed E-state index contributed by atoms with van der Waals surface area (Å²) in [6.07, 6.45) is 1.68. The first-order valence-electron chi connectivity index (χ1n) is 9.82. The number of thiocarbonyl (C=S) groups is 1. The highest BCUT2D eigenvalue weighted by Gasteiger charge is 2.32. The van der Waals surface area contributed by atoms with Gasteiger partial charge in [-0.2, -0.15) is 0 Å². The second-order valence-corrected chi connectivity index (χ2v) is 8.94. The van der Waals surface area contributed by atoms with Gasteiger partial charge in [-0.3, -0.25) is 9.69 Å². The van der Waals surface area contributed by atoms with Crippen molar-refractivity contribution < 1.29 is 18.7 Å². The van der Waals surface area contributed by atoms with Crippen LogP contribution in [-0.4, -0.2) is 27.7 Å². The van der Waals surface area contributed by atoms with Gasteiger partial charge in [0.05, 0.1) is 23.6 Å². The minimum atomic E-state index is -0.363. The number of rotatable bonds is 6. The summed E-state index contributed by atoms with van der Waals surface area (Å²) in [5.74, 6) is 0.612. The minimum absolute atomic E-state index is 0.184. The highest BCUT2D eigenvalue weighted by atomic mass is 35.5. The van der Waals surface area contributed by atoms with Crippen molar-refractivity contribution in [3.63, 3.8) is 0 Å². The fourth-order valence-corrected chi connectivity index (χ4v) is 4.56. The lowest BCUT2D eigenvalue weighted by atomic mass is 10.1. The average Bonchev–Trinajstić information content (AvgIpc) is 3.36. The lowest BCUT2D eigenvalue weighted by Gasteiger charge is -2.15. The van der Waals surface area contributed by atoms with Gasteiger partial charge in [-0.1, -0.05) is 65.9 Å². The highest BCUT2D eigenvalue weighted by Crippen LogP contribution is 2.35. The van der Waals surface area contributed by atoms with Crippen molar-refractivity contribution in [3.8, 4) is 11.3 Å². The second-order valence-electron chi connectivity index (χ2n) is 6.86. The Morgan fingerprint density at radius 2 is 1.91 bits per heavy atom. The molecule has 1 aliphatic rings. The zero-order chi connectivity index (χ0) is 22.7. The van der Waals surface area contributed by atoms with Gasteiger partial charge in [-0.25, -0.2) is 4.79 Å². The molecule has 1 aliphatic heterocycles. The van der Waals surface area contributed by atoms with Crippen LogP contribution in [-0.2, 0) is 16.1 Å². The zero-order valence-corrected chi connectivity index (χ0v) is 19.4. The van der Waals surface area contributed by atoms with Gasteiger partial charge in [-0.15, -0.1) is 0 Å². The van der Waals surface area contributed by atoms with Crippen LogP contribution in [0.3, 0.4) is 0 Å². The molecule has 0 bridgehead atoms. The first-order chi connectivity index (χ1) is 15.5. The van der Waals surface area contributed by atoms with Crippen LogP contribution in [0.1, 0.15) is 28.6 Å². The van der Waals surface area contributed by atoms with Crippen molar-refractivity contribution in [2.45, 2.75) is 13.5 Å². The number of hydrogen-bond donors (Lipinski definition) is 0. The largest absolute Gasteiger partial charge is 0.462 e. The van der Waals surface area contributed by atoms with Gasteiger partial charge in [0.15, 0.2) is 0 Å². The van der Waals surface area contributed by atoms with Crippen LogP contribution in [0.5, 0.6) is 0 Å². The SMILES string of the molecule is CCOC(=O)c1ccc(-c2ccc(C=C3SC(=S)N(Cc4ccccc4Cl)C3=O)o2)cc1. The van der Waals surface area contributed by atoms with Crippen LogP contribution in [0, 0.1) is 0 Å². The molecule has 5 nitrogen and oxygen atoms in total. The molecule has 0 saturated carbocycles. The molecule has 8 heteroatoms. The van der Waals surface area contributed by atoms with E-state index in [4.69, 9.17) is 33.0 Å². The Balaban J connectivity index is 1.49. The molecule has 0 N–H and O–H groups in total. The number of carbonyl (C=O) groups is 2. The molecule has 1 aromatic heterocycles. The first-order valence-corrected chi connectivity index (χ1v) is 11.4. The number of esters is 1. The van der Waals surface area contributed by atoms with Crippen LogP contribution in [0.25, 0.3) is 17.4 Å². The molecule has 32 heavy (non-hydrogen) atoms. The number of thioether (sulfide) groups is 1. The number of benzene rings is 2. The number of amides is 1. The molecule has 0 spiro atoms. The molecule has 1 fully saturated rings. The van der Waals surface area contributed by atoms with E-state index in [1.807, 2.05) is 24.3 Å². The minimum Gasteiger partial charge on any atom is -0.462 e. The van der Waals surface area contributed by atoms with Gasteiger partial charge in [0.1, 0.15) is 15.8 Å². The second kappa shape index (κ2) is 9.73. The number of hydrogen-bond acceptors (Lipinski definition) is 6. The van der Waals surface area contributed by atoms with Gasteiger partial charge in [-0.05, 0) is 42.8 Å². The molecule has 0 aliphatic carbocycles. The fraction of sp³-hybridized carbons (Fsp3) is 0.125. The van der Waals surface area contributed by atoms with Crippen LogP contribution < -0.4 is 0 Å². The zero-order valence-electron chi connectivity index (χ0n) is 17.0. The first kappa shape index (κ1) is 22.3. The van der Waals surface area contributed by atoms with E-state index in [2.05, 4.69) is 0 Å². The molecular formula is C24H18ClNO4S2. The Labute approximate surface area is 200 Å². The molecule has 4 rings (SSSR count). The monoisotopic (exact) mass is 483 g/mol. The molecule has 3 aromatic rings. The predicted octanol–water partition coefficient (Wildman–Crippen LogP) is 6.18. The molecule has 162 valence electrons. The summed E-state index contributed by atoms with van der Waals surface area (Å²) >= 11 is 12.9. The third-order valence-corrected chi connectivity index (χ3v) is 6.49. The molecule has 2 aromatic carbocycles. The maximum absolute atomic E-state index is 12.9. The summed E-state index contributed by atoms with van der Waals surface area (Å²) in [5, 5.41) is 0.593. The lowest BCUT2D eigenvalue weighted by molar-refractivity contribution is -0.122. The lowest BCUT2D eigenvalue weighted by Crippen LogP contribution is -2.27. The highest BCUT2D eigenvalue weighted by molar-refractivity contribution is 8.26. The fourth-order valence-electron chi connectivity index (χ4n) is 3.13. The van der Waals surface area contributed by atoms with Crippen molar-refractivity contribution in [2.75, 3.05) is 6.61 Å². The number of halogens is 1. The molecule has 0 radical (unpaired) electrons. The van der Waals surface area contributed by atoms with Gasteiger partial charge in [0.25, 0.3) is 5.91 Å². The van der Waals surface area contributed by atoms with Crippen molar-refractivity contribution in [1.82, 2.24) is 4.90 Å². The van der Waals surface area contributed by atoms with E-state index in [9.17, 15) is 9.59 Å². The smallest absolute Gasteiger partial charge is 0.338 e. The van der Waals surface area contributed by atoms with Crippen molar-refractivity contribution in [1.29, 1.82) is 0 Å². The number of ether oxygens (including phenoxy) is 1. The number of carbonyl (C=O) groups excluding carboxylic acids is 2. The van der Waals surface area contributed by atoms with Gasteiger partial charge < -0.3 is 9.15 Å². The molecule has 0 unspecified atom stereocenters. The van der Waals surface area contributed by atoms with E-state index in [1.165, 1.54) is 16.7 Å². The summed E-state index contributed by atoms with van der Waals surface area (Å²) in [5.41, 5.74) is 2.12. The Hall–Kier alpha value is -2.87. The molecular weight excluding hydrogens is 466 g/mol. The normalized spacial score (nSPS) is 14.9. The Morgan fingerprint density at radius 3 is 2.62 bits per heavy atom. The van der Waals surface area contributed by atoms with Crippen LogP contribution in [0.4, 0.5) is 0 Å². The Morgan fingerprint density at radius 1 is 1.16 bits per heavy atom. The third kappa shape index (κ3) is 4.80. The molecule has 0 atom stereocenters. The summed E-state index contributed by atoms with van der Waals surface area (Å²) in [6.45, 7) is 2.41. The molecule has 1 amide bonds. The maximum Gasteiger partial charge on any atom is 0.338 e. The van der Waals surface area contributed by atoms with E-state index >= 15 is 0 Å². The van der Waals surface area contributed by atoms with E-state index in [0.717, 1.165) is 11.1 Å². The van der Waals surface area contributed by atoms with E-state index in [0.29, 0.717) is 44.5 Å². The standard InChI is InChI=1S/C24H18ClNO4S2/c1-2-29-23(28)16-9-7-15(8-10-16)20-12-11-18(30-20)13-21-22(27)26(24(31)32-21)14-17-5-3-4-6-19(17)25/h3-13H,2,14H2,1H3. The number of nitrogens with zero attached hydrogens (tertiary/aromatic N) is 1. The number of furan rings is 1. The third-order valence-electron chi connectivity index (χ3n) is 4.74. The van der Waals surface area contributed by atoms with E-state index in [-0.39, 0.29) is 11.9 Å². The van der Waals surface area contributed by atoms with Gasteiger partial charge in [0.2, 0.25) is 0 Å². The van der Waals surface area contributed by atoms with Crippen molar-refractivity contribution >= 4 is 57.9 Å². The van der Waals surface area contributed by atoms with Crippen LogP contribution in [0.2, 0.25) is 5.02 Å². The predicted molar refractivity (Wildman–Crippen MR) is 130 cm³/mol. The topological polar surface area (TPSA) is 59.8 Å². The van der Waals surface area contributed by atoms with Crippen molar-refractivity contribution in [2.24, 2.45) is 0 Å². The Kier molecular flexibility index (Phi) is 6.79. The quantitative estimate of drug-likeness (QED) is 0.237. The summed E-state index contributed by atoms with van der Waals surface area (Å²) in [6, 6.07) is 17.9. The van der Waals surface area contributed by atoms with E-state index < -0.39 is 0 Å². The molecule has 1 saturated heterocycles. The summed E-state index contributed by atoms with van der Waals surface area (Å²) in [7, 11) is 0. The maximum atomic E-state index is 12.9. The molecule has 2 heterocycles. The van der Waals surface area contributed by atoms with Gasteiger partial charge >= 0.3 is 5.97 Å². The summed E-state index contributed by atoms with van der Waals surface area (Å²) in [4.78, 5) is 26.7. The van der Waals surface area contributed by atoms with E-state index in [1.54, 1.807) is 49.4 Å². The van der Waals surface area contributed by atoms with Crippen LogP contribution >= 0.6 is 35.6 Å². The van der Waals surface area contributed by atoms with Crippen molar-refractivity contribution in [3.05, 3.63) is 87.5 Å². The average molecular weight is 484 g/mol. The van der Waals surface area contributed by atoms with Crippen LogP contribution in [0.15, 0.2) is 70.0 Å². The van der Waals surface area contributed by atoms with Gasteiger partial charge in [0, 0.05) is 16.7 Å². The summed E-state index contributed by atoms with van der Waals surface area (Å²) < 4.78 is 11.4.